The van der Waals surface area contributed by atoms with Crippen LogP contribution in [0.15, 0.2) is 36.5 Å². The highest BCUT2D eigenvalue weighted by atomic mass is 14.9. The molecule has 0 fully saturated rings. The third-order valence-corrected chi connectivity index (χ3v) is 2.75. The molecule has 1 aromatic heterocycles. The topological polar surface area (TPSA) is 27.8 Å². The van der Waals surface area contributed by atoms with Crippen LogP contribution >= 0.6 is 0 Å². The first-order valence-corrected chi connectivity index (χ1v) is 4.95. The van der Waals surface area contributed by atoms with Crippen LogP contribution < -0.4 is 5.32 Å². The van der Waals surface area contributed by atoms with Gasteiger partial charge in [0.25, 0.3) is 0 Å². The molecule has 1 aliphatic heterocycles. The van der Waals surface area contributed by atoms with Gasteiger partial charge in [-0.2, -0.15) is 0 Å². The maximum atomic E-state index is 3.39. The highest BCUT2D eigenvalue weighted by molar-refractivity contribution is 5.73. The van der Waals surface area contributed by atoms with Crippen molar-refractivity contribution < 1.29 is 0 Å². The summed E-state index contributed by atoms with van der Waals surface area (Å²) in [5.74, 6) is 0. The van der Waals surface area contributed by atoms with Crippen LogP contribution in [-0.4, -0.2) is 11.5 Å². The highest BCUT2D eigenvalue weighted by Crippen LogP contribution is 2.31. The molecule has 2 nitrogen and oxygen atoms in total. The summed E-state index contributed by atoms with van der Waals surface area (Å²) in [6.07, 6.45) is 3.10. The number of hydrogen-bond donors (Lipinski definition) is 2. The van der Waals surface area contributed by atoms with E-state index in [0.29, 0.717) is 0 Å². The van der Waals surface area contributed by atoms with Crippen LogP contribution in [0, 0.1) is 0 Å². The van der Waals surface area contributed by atoms with Gasteiger partial charge in [-0.1, -0.05) is 12.1 Å². The van der Waals surface area contributed by atoms with Crippen LogP contribution in [0.3, 0.4) is 0 Å². The molecule has 1 aliphatic rings. The largest absolute Gasteiger partial charge is 0.384 e. The molecule has 0 saturated carbocycles. The number of benzene rings is 1. The molecule has 0 radical (unpaired) electrons. The van der Waals surface area contributed by atoms with E-state index in [1.165, 1.54) is 22.5 Å². The smallest absolute Gasteiger partial charge is 0.0457 e. The van der Waals surface area contributed by atoms with Crippen molar-refractivity contribution in [3.8, 4) is 11.3 Å². The Kier molecular flexibility index (Phi) is 1.60. The minimum absolute atomic E-state index is 1.06. The molecule has 1 aromatic carbocycles. The zero-order chi connectivity index (χ0) is 9.38. The zero-order valence-electron chi connectivity index (χ0n) is 7.88. The summed E-state index contributed by atoms with van der Waals surface area (Å²) in [7, 11) is 0. The monoisotopic (exact) mass is 184 g/mol. The SMILES string of the molecule is c1c[nH]c(-c2cccc3c2CCN3)c1. The van der Waals surface area contributed by atoms with Crippen molar-refractivity contribution in [3.63, 3.8) is 0 Å². The van der Waals surface area contributed by atoms with E-state index in [1.54, 1.807) is 0 Å². The molecular formula is C12H12N2. The summed E-state index contributed by atoms with van der Waals surface area (Å²) in [6, 6.07) is 10.6. The van der Waals surface area contributed by atoms with Crippen LogP contribution in [0.2, 0.25) is 0 Å². The standard InChI is InChI=1S/C12H12N2/c1-3-9(12-5-2-7-13-12)10-6-8-14-11(10)4-1/h1-5,7,13-14H,6,8H2. The van der Waals surface area contributed by atoms with Gasteiger partial charge in [-0.15, -0.1) is 0 Å². The van der Waals surface area contributed by atoms with Crippen LogP contribution in [0.1, 0.15) is 5.56 Å². The number of aromatic amines is 1. The number of nitrogens with one attached hydrogen (secondary N) is 2. The van der Waals surface area contributed by atoms with Crippen LogP contribution in [-0.2, 0) is 6.42 Å². The van der Waals surface area contributed by atoms with Gasteiger partial charge in [-0.25, -0.2) is 0 Å². The molecule has 0 amide bonds. The number of fused-ring (bicyclic) bond motifs is 1. The van der Waals surface area contributed by atoms with Gasteiger partial charge in [0.05, 0.1) is 0 Å². The number of aromatic nitrogens is 1. The summed E-state index contributed by atoms with van der Waals surface area (Å²) in [5.41, 5.74) is 5.27. The Morgan fingerprint density at radius 1 is 1.07 bits per heavy atom. The highest BCUT2D eigenvalue weighted by Gasteiger charge is 2.14. The third kappa shape index (κ3) is 1.04. The predicted molar refractivity (Wildman–Crippen MR) is 58.4 cm³/mol. The van der Waals surface area contributed by atoms with Gasteiger partial charge in [-0.05, 0) is 30.2 Å². The molecule has 2 N–H and O–H groups in total. The summed E-state index contributed by atoms with van der Waals surface area (Å²) in [6.45, 7) is 1.06. The van der Waals surface area contributed by atoms with Crippen molar-refractivity contribution >= 4 is 5.69 Å². The van der Waals surface area contributed by atoms with Gasteiger partial charge in [0, 0.05) is 29.7 Å². The van der Waals surface area contributed by atoms with Crippen molar-refractivity contribution in [2.75, 3.05) is 11.9 Å². The summed E-state index contributed by atoms with van der Waals surface area (Å²) in [4.78, 5) is 3.26. The molecule has 0 spiro atoms. The Labute approximate surface area is 83.0 Å². The van der Waals surface area contributed by atoms with Gasteiger partial charge in [-0.3, -0.25) is 0 Å². The minimum Gasteiger partial charge on any atom is -0.384 e. The number of anilines is 1. The summed E-state index contributed by atoms with van der Waals surface area (Å²) in [5, 5.41) is 3.39. The Morgan fingerprint density at radius 2 is 2.07 bits per heavy atom. The molecule has 0 unspecified atom stereocenters. The molecule has 2 heteroatoms. The first-order chi connectivity index (χ1) is 6.95. The quantitative estimate of drug-likeness (QED) is 0.700. The Morgan fingerprint density at radius 3 is 2.93 bits per heavy atom. The Hall–Kier alpha value is -1.70. The average molecular weight is 184 g/mol. The van der Waals surface area contributed by atoms with E-state index in [1.807, 2.05) is 12.3 Å². The average Bonchev–Trinajstić information content (AvgIpc) is 2.88. The normalized spacial score (nSPS) is 13.7. The van der Waals surface area contributed by atoms with Gasteiger partial charge in [0.15, 0.2) is 0 Å². The van der Waals surface area contributed by atoms with E-state index in [4.69, 9.17) is 0 Å². The van der Waals surface area contributed by atoms with Crippen molar-refractivity contribution in [2.24, 2.45) is 0 Å². The summed E-state index contributed by atoms with van der Waals surface area (Å²) < 4.78 is 0. The lowest BCUT2D eigenvalue weighted by atomic mass is 10.0. The third-order valence-electron chi connectivity index (χ3n) is 2.75. The Bertz CT molecular complexity index is 443. The van der Waals surface area contributed by atoms with Crippen LogP contribution in [0.4, 0.5) is 5.69 Å². The molecule has 14 heavy (non-hydrogen) atoms. The first kappa shape index (κ1) is 7.68. The summed E-state index contributed by atoms with van der Waals surface area (Å²) >= 11 is 0. The van der Waals surface area contributed by atoms with Crippen molar-refractivity contribution in [3.05, 3.63) is 42.1 Å². The lowest BCUT2D eigenvalue weighted by Gasteiger charge is -2.05. The first-order valence-electron chi connectivity index (χ1n) is 4.95. The van der Waals surface area contributed by atoms with E-state index < -0.39 is 0 Å². The predicted octanol–water partition coefficient (Wildman–Crippen LogP) is 2.65. The fourth-order valence-electron chi connectivity index (χ4n) is 2.09. The fourth-order valence-corrected chi connectivity index (χ4v) is 2.09. The van der Waals surface area contributed by atoms with Gasteiger partial charge in [0.1, 0.15) is 0 Å². The molecule has 2 aromatic rings. The number of hydrogen-bond acceptors (Lipinski definition) is 1. The molecule has 0 bridgehead atoms. The molecule has 3 rings (SSSR count). The zero-order valence-corrected chi connectivity index (χ0v) is 7.88. The van der Waals surface area contributed by atoms with Gasteiger partial charge >= 0.3 is 0 Å². The van der Waals surface area contributed by atoms with Gasteiger partial charge in [0.2, 0.25) is 0 Å². The van der Waals surface area contributed by atoms with E-state index in [0.717, 1.165) is 13.0 Å². The lowest BCUT2D eigenvalue weighted by molar-refractivity contribution is 1.11. The Balaban J connectivity index is 2.20. The van der Waals surface area contributed by atoms with E-state index in [9.17, 15) is 0 Å². The second kappa shape index (κ2) is 2.91. The number of rotatable bonds is 1. The van der Waals surface area contributed by atoms with Crippen molar-refractivity contribution in [2.45, 2.75) is 6.42 Å². The van der Waals surface area contributed by atoms with Gasteiger partial charge < -0.3 is 10.3 Å². The molecular weight excluding hydrogens is 172 g/mol. The second-order valence-electron chi connectivity index (χ2n) is 3.59. The van der Waals surface area contributed by atoms with E-state index in [-0.39, 0.29) is 0 Å². The molecule has 2 heterocycles. The maximum Gasteiger partial charge on any atom is 0.0457 e. The van der Waals surface area contributed by atoms with Crippen molar-refractivity contribution in [1.82, 2.24) is 4.98 Å². The van der Waals surface area contributed by atoms with E-state index >= 15 is 0 Å². The lowest BCUT2D eigenvalue weighted by Crippen LogP contribution is -1.90. The maximum absolute atomic E-state index is 3.39. The molecule has 0 atom stereocenters. The van der Waals surface area contributed by atoms with Crippen LogP contribution in [0.25, 0.3) is 11.3 Å². The van der Waals surface area contributed by atoms with Crippen LogP contribution in [0.5, 0.6) is 0 Å². The van der Waals surface area contributed by atoms with E-state index in [2.05, 4.69) is 34.6 Å². The second-order valence-corrected chi connectivity index (χ2v) is 3.59. The van der Waals surface area contributed by atoms with Crippen molar-refractivity contribution in [1.29, 1.82) is 0 Å². The molecule has 70 valence electrons. The number of H-pyrrole nitrogens is 1. The molecule has 0 saturated heterocycles. The molecule has 0 aliphatic carbocycles. The fraction of sp³-hybridized carbons (Fsp3) is 0.167. The minimum atomic E-state index is 1.06.